The van der Waals surface area contributed by atoms with Gasteiger partial charge in [-0.15, -0.1) is 6.42 Å². The van der Waals surface area contributed by atoms with Crippen molar-refractivity contribution >= 4 is 21.9 Å². The number of carbonyl (C=O) groups excluding carboxylic acids is 1. The van der Waals surface area contributed by atoms with Crippen LogP contribution >= 0.6 is 15.9 Å². The van der Waals surface area contributed by atoms with Crippen LogP contribution in [0.3, 0.4) is 0 Å². The molecule has 0 fully saturated rings. The van der Waals surface area contributed by atoms with Crippen molar-refractivity contribution in [3.05, 3.63) is 16.6 Å². The second kappa shape index (κ2) is 3.83. The summed E-state index contributed by atoms with van der Waals surface area (Å²) in [7, 11) is 0. The highest BCUT2D eigenvalue weighted by atomic mass is 79.9. The number of ether oxygens (including phenoxy) is 3. The highest BCUT2D eigenvalue weighted by Gasteiger charge is 2.18. The molecule has 0 aromatic heterocycles. The molecule has 0 amide bonds. The molecule has 4 nitrogen and oxygen atoms in total. The van der Waals surface area contributed by atoms with Crippen LogP contribution in [0.5, 0.6) is 17.2 Å². The molecule has 0 N–H and O–H groups in total. The van der Waals surface area contributed by atoms with Gasteiger partial charge in [-0.3, -0.25) is 0 Å². The van der Waals surface area contributed by atoms with E-state index in [9.17, 15) is 4.79 Å². The van der Waals surface area contributed by atoms with E-state index in [2.05, 4.69) is 15.9 Å². The maximum absolute atomic E-state index is 10.9. The molecule has 0 radical (unpaired) electrons. The van der Waals surface area contributed by atoms with E-state index in [4.69, 9.17) is 20.6 Å². The van der Waals surface area contributed by atoms with Crippen molar-refractivity contribution in [2.75, 3.05) is 6.79 Å². The number of halogens is 1. The van der Waals surface area contributed by atoms with Gasteiger partial charge in [-0.25, -0.2) is 4.79 Å². The zero-order valence-corrected chi connectivity index (χ0v) is 9.04. The smallest absolute Gasteiger partial charge is 0.389 e. The number of carbonyl (C=O) groups is 1. The molecule has 0 saturated heterocycles. The first kappa shape index (κ1) is 9.87. The monoisotopic (exact) mass is 268 g/mol. The number of hydrogen-bond acceptors (Lipinski definition) is 4. The average molecular weight is 269 g/mol. The molecule has 0 bridgehead atoms. The lowest BCUT2D eigenvalue weighted by Gasteiger charge is -2.04. The maximum Gasteiger partial charge on any atom is 0.389 e. The molecule has 1 aliphatic heterocycles. The Labute approximate surface area is 94.3 Å². The summed E-state index contributed by atoms with van der Waals surface area (Å²) >= 11 is 3.23. The molecular formula is C10H5BrO4. The van der Waals surface area contributed by atoms with Crippen molar-refractivity contribution in [3.63, 3.8) is 0 Å². The van der Waals surface area contributed by atoms with Gasteiger partial charge < -0.3 is 14.2 Å². The summed E-state index contributed by atoms with van der Waals surface area (Å²) in [5.41, 5.74) is 0. The molecule has 0 atom stereocenters. The number of esters is 1. The van der Waals surface area contributed by atoms with Crippen LogP contribution in [0.1, 0.15) is 0 Å². The minimum absolute atomic E-state index is 0.161. The largest absolute Gasteiger partial charge is 0.454 e. The van der Waals surface area contributed by atoms with Crippen molar-refractivity contribution < 1.29 is 19.0 Å². The molecule has 1 aromatic rings. The average Bonchev–Trinajstić information content (AvgIpc) is 2.65. The van der Waals surface area contributed by atoms with E-state index < -0.39 is 5.97 Å². The first-order valence-electron chi connectivity index (χ1n) is 3.98. The van der Waals surface area contributed by atoms with Gasteiger partial charge in [0.05, 0.1) is 4.47 Å². The van der Waals surface area contributed by atoms with E-state index in [0.717, 1.165) is 0 Å². The van der Waals surface area contributed by atoms with Gasteiger partial charge >= 0.3 is 5.97 Å². The Balaban J connectivity index is 2.33. The minimum Gasteiger partial charge on any atom is -0.454 e. The van der Waals surface area contributed by atoms with E-state index in [0.29, 0.717) is 21.7 Å². The topological polar surface area (TPSA) is 44.8 Å². The lowest BCUT2D eigenvalue weighted by Crippen LogP contribution is -2.04. The van der Waals surface area contributed by atoms with Gasteiger partial charge in [0.15, 0.2) is 11.5 Å². The highest BCUT2D eigenvalue weighted by Crippen LogP contribution is 2.40. The summed E-state index contributed by atoms with van der Waals surface area (Å²) in [4.78, 5) is 10.9. The third kappa shape index (κ3) is 1.90. The Bertz CT molecular complexity index is 461. The second-order valence-electron chi connectivity index (χ2n) is 2.67. The molecule has 1 aromatic carbocycles. The summed E-state index contributed by atoms with van der Waals surface area (Å²) < 4.78 is 15.7. The van der Waals surface area contributed by atoms with E-state index in [-0.39, 0.29) is 6.79 Å². The lowest BCUT2D eigenvalue weighted by molar-refractivity contribution is -0.128. The Morgan fingerprint density at radius 2 is 2.13 bits per heavy atom. The maximum atomic E-state index is 10.9. The Kier molecular flexibility index (Phi) is 2.52. The third-order valence-electron chi connectivity index (χ3n) is 1.75. The molecule has 5 heteroatoms. The number of rotatable bonds is 1. The molecule has 1 heterocycles. The van der Waals surface area contributed by atoms with Crippen LogP contribution in [0.2, 0.25) is 0 Å². The molecule has 0 unspecified atom stereocenters. The summed E-state index contributed by atoms with van der Waals surface area (Å²) in [6, 6.07) is 3.20. The molecule has 2 rings (SSSR count). The highest BCUT2D eigenvalue weighted by molar-refractivity contribution is 9.10. The van der Waals surface area contributed by atoms with Crippen molar-refractivity contribution in [2.24, 2.45) is 0 Å². The summed E-state index contributed by atoms with van der Waals surface area (Å²) in [5.74, 6) is 2.53. The molecule has 0 aliphatic carbocycles. The first-order chi connectivity index (χ1) is 7.20. The van der Waals surface area contributed by atoms with Crippen molar-refractivity contribution in [1.29, 1.82) is 0 Å². The summed E-state index contributed by atoms with van der Waals surface area (Å²) in [5, 5.41) is 0. The lowest BCUT2D eigenvalue weighted by atomic mass is 10.3. The Hall–Kier alpha value is -1.67. The molecular weight excluding hydrogens is 264 g/mol. The molecule has 76 valence electrons. The standard InChI is InChI=1S/C10H5BrO4/c1-2-10(12)15-7-4-9-8(3-6(7)11)13-5-14-9/h1,3-4H,5H2. The van der Waals surface area contributed by atoms with Gasteiger partial charge in [0, 0.05) is 18.1 Å². The van der Waals surface area contributed by atoms with Crippen LogP contribution in [0, 0.1) is 12.3 Å². The van der Waals surface area contributed by atoms with Crippen molar-refractivity contribution in [1.82, 2.24) is 0 Å². The second-order valence-corrected chi connectivity index (χ2v) is 3.52. The zero-order valence-electron chi connectivity index (χ0n) is 7.45. The van der Waals surface area contributed by atoms with E-state index in [1.54, 1.807) is 12.1 Å². The first-order valence-corrected chi connectivity index (χ1v) is 4.77. The minimum atomic E-state index is -0.755. The normalized spacial score (nSPS) is 12.0. The van der Waals surface area contributed by atoms with Crippen LogP contribution in [-0.2, 0) is 4.79 Å². The van der Waals surface area contributed by atoms with Gasteiger partial charge in [0.2, 0.25) is 6.79 Å². The number of fused-ring (bicyclic) bond motifs is 1. The molecule has 15 heavy (non-hydrogen) atoms. The van der Waals surface area contributed by atoms with Crippen LogP contribution < -0.4 is 14.2 Å². The molecule has 0 saturated carbocycles. The number of benzene rings is 1. The summed E-state index contributed by atoms with van der Waals surface area (Å²) in [6.07, 6.45) is 4.89. The Morgan fingerprint density at radius 3 is 2.80 bits per heavy atom. The third-order valence-corrected chi connectivity index (χ3v) is 2.37. The van der Waals surface area contributed by atoms with Crippen molar-refractivity contribution in [2.45, 2.75) is 0 Å². The fourth-order valence-electron chi connectivity index (χ4n) is 1.11. The van der Waals surface area contributed by atoms with Gasteiger partial charge in [-0.1, -0.05) is 0 Å². The van der Waals surface area contributed by atoms with E-state index in [1.165, 1.54) is 0 Å². The molecule has 0 spiro atoms. The van der Waals surface area contributed by atoms with Crippen LogP contribution in [0.4, 0.5) is 0 Å². The number of terminal acetylenes is 1. The van der Waals surface area contributed by atoms with Crippen molar-refractivity contribution in [3.8, 4) is 29.6 Å². The Morgan fingerprint density at radius 1 is 1.47 bits per heavy atom. The fourth-order valence-corrected chi connectivity index (χ4v) is 1.51. The van der Waals surface area contributed by atoms with Gasteiger partial charge in [-0.05, 0) is 15.9 Å². The van der Waals surface area contributed by atoms with Gasteiger partial charge in [-0.2, -0.15) is 0 Å². The van der Waals surface area contributed by atoms with Crippen LogP contribution in [0.15, 0.2) is 16.6 Å². The van der Waals surface area contributed by atoms with Gasteiger partial charge in [0.1, 0.15) is 5.75 Å². The molecule has 1 aliphatic rings. The predicted octanol–water partition coefficient (Wildman–Crippen LogP) is 1.72. The van der Waals surface area contributed by atoms with E-state index in [1.807, 2.05) is 5.92 Å². The SMILES string of the molecule is C#CC(=O)Oc1cc2c(cc1Br)OCO2. The quantitative estimate of drug-likeness (QED) is 0.337. The number of hydrogen-bond donors (Lipinski definition) is 0. The summed E-state index contributed by atoms with van der Waals surface area (Å²) in [6.45, 7) is 0.161. The van der Waals surface area contributed by atoms with Crippen LogP contribution in [-0.4, -0.2) is 12.8 Å². The zero-order chi connectivity index (χ0) is 10.8. The van der Waals surface area contributed by atoms with Gasteiger partial charge in [0.25, 0.3) is 0 Å². The van der Waals surface area contributed by atoms with E-state index >= 15 is 0 Å². The predicted molar refractivity (Wildman–Crippen MR) is 54.7 cm³/mol. The fraction of sp³-hybridized carbons (Fsp3) is 0.100. The van der Waals surface area contributed by atoms with Crippen LogP contribution in [0.25, 0.3) is 0 Å².